The number of carboxylic acid groups (broad SMARTS) is 1. The van der Waals surface area contributed by atoms with Gasteiger partial charge in [0.15, 0.2) is 5.25 Å². The summed E-state index contributed by atoms with van der Waals surface area (Å²) in [6.45, 7) is 1.89. The molecule has 0 aliphatic heterocycles. The lowest BCUT2D eigenvalue weighted by atomic mass is 10.1. The number of carboxylic acids is 1. The Morgan fingerprint density at radius 2 is 1.41 bits per heavy atom. The van der Waals surface area contributed by atoms with Crippen LogP contribution < -0.4 is 5.32 Å². The Bertz CT molecular complexity index is 706. The molecule has 34 heavy (non-hydrogen) atoms. The number of carbonyl (C=O) groups is 3. The molecule has 0 rings (SSSR count). The maximum absolute atomic E-state index is 11.8. The second kappa shape index (κ2) is 20.4. The zero-order chi connectivity index (χ0) is 25.7. The normalized spacial score (nSPS) is 12.5. The quantitative estimate of drug-likeness (QED) is 0.0848. The molecule has 0 aromatic heterocycles. The van der Waals surface area contributed by atoms with Crippen molar-refractivity contribution in [3.05, 3.63) is 12.2 Å². The second-order valence-electron chi connectivity index (χ2n) is 8.45. The van der Waals surface area contributed by atoms with Gasteiger partial charge in [-0.1, -0.05) is 70.4 Å². The number of hydrogen-bond donors (Lipinski definition) is 3. The fourth-order valence-corrected chi connectivity index (χ4v) is 4.01. The maximum Gasteiger partial charge on any atom is 0.327 e. The lowest BCUT2D eigenvalue weighted by molar-refractivity contribution is -0.147. The van der Waals surface area contributed by atoms with E-state index in [0.717, 1.165) is 38.5 Å². The summed E-state index contributed by atoms with van der Waals surface area (Å²) < 4.78 is 35.8. The van der Waals surface area contributed by atoms with Gasteiger partial charge < -0.3 is 15.2 Å². The molecule has 0 heterocycles. The molecule has 0 fully saturated rings. The molecule has 0 aliphatic rings. The topological polar surface area (TPSA) is 147 Å². The van der Waals surface area contributed by atoms with E-state index in [0.29, 0.717) is 6.42 Å². The zero-order valence-electron chi connectivity index (χ0n) is 20.5. The summed E-state index contributed by atoms with van der Waals surface area (Å²) in [6.07, 6.45) is 19.1. The van der Waals surface area contributed by atoms with Gasteiger partial charge in [-0.3, -0.25) is 18.9 Å². The van der Waals surface area contributed by atoms with Gasteiger partial charge in [0.05, 0.1) is 13.0 Å². The first kappa shape index (κ1) is 32.1. The number of allylic oxidation sites excluding steroid dienone is 2. The zero-order valence-corrected chi connectivity index (χ0v) is 21.3. The first-order chi connectivity index (χ1) is 16.2. The van der Waals surface area contributed by atoms with E-state index in [4.69, 9.17) is 9.66 Å². The van der Waals surface area contributed by atoms with Gasteiger partial charge in [0.25, 0.3) is 10.1 Å². The van der Waals surface area contributed by atoms with Crippen molar-refractivity contribution in [1.29, 1.82) is 0 Å². The summed E-state index contributed by atoms with van der Waals surface area (Å²) in [7, 11) is -4.89. The van der Waals surface area contributed by atoms with E-state index < -0.39 is 33.7 Å². The molecule has 198 valence electrons. The highest BCUT2D eigenvalue weighted by molar-refractivity contribution is 7.87. The molecular weight excluding hydrogens is 462 g/mol. The monoisotopic (exact) mass is 505 g/mol. The minimum atomic E-state index is -4.89. The van der Waals surface area contributed by atoms with E-state index in [-0.39, 0.29) is 19.1 Å². The van der Waals surface area contributed by atoms with Gasteiger partial charge in [-0.15, -0.1) is 0 Å². The molecule has 9 nitrogen and oxygen atoms in total. The highest BCUT2D eigenvalue weighted by Gasteiger charge is 2.34. The summed E-state index contributed by atoms with van der Waals surface area (Å²) in [6, 6.07) is 0. The van der Waals surface area contributed by atoms with Gasteiger partial charge in [0, 0.05) is 6.42 Å². The van der Waals surface area contributed by atoms with Gasteiger partial charge in [0.2, 0.25) is 5.91 Å². The van der Waals surface area contributed by atoms with Crippen LogP contribution in [0, 0.1) is 0 Å². The largest absolute Gasteiger partial charge is 0.481 e. The molecule has 0 saturated carbocycles. The third-order valence-corrected chi connectivity index (χ3v) is 6.39. The highest BCUT2D eigenvalue weighted by Crippen LogP contribution is 2.10. The molecule has 10 heteroatoms. The van der Waals surface area contributed by atoms with Crippen LogP contribution in [0.3, 0.4) is 0 Å². The molecule has 0 spiro atoms. The predicted octanol–water partition coefficient (Wildman–Crippen LogP) is 4.41. The minimum Gasteiger partial charge on any atom is -0.481 e. The summed E-state index contributed by atoms with van der Waals surface area (Å²) in [5.41, 5.74) is 0. The summed E-state index contributed by atoms with van der Waals surface area (Å²) in [5, 5.41) is 9.00. The van der Waals surface area contributed by atoms with Crippen molar-refractivity contribution in [2.75, 3.05) is 13.2 Å². The third kappa shape index (κ3) is 19.5. The number of unbranched alkanes of at least 4 members (excludes halogenated alkanes) is 11. The van der Waals surface area contributed by atoms with E-state index in [1.54, 1.807) is 0 Å². The summed E-state index contributed by atoms with van der Waals surface area (Å²) in [5.74, 6) is -3.13. The van der Waals surface area contributed by atoms with Crippen molar-refractivity contribution >= 4 is 28.0 Å². The molecule has 1 atom stereocenters. The van der Waals surface area contributed by atoms with Crippen LogP contribution in [0.25, 0.3) is 0 Å². The molecule has 3 N–H and O–H groups in total. The van der Waals surface area contributed by atoms with Crippen LogP contribution in [0.5, 0.6) is 0 Å². The number of hydrogen-bond acceptors (Lipinski definition) is 6. The standard InChI is InChI=1S/C24H43NO8S/c1-2-3-4-5-6-7-8-9-10-11-12-13-14-15-16-17-22(26)25-18-19-33-24(29)21(20-23(27)28)34(30,31)32/h9-10,21H,2-8,11-20H2,1H3,(H,25,26)(H,27,28)(H,30,31,32)/b10-9-/t21-/m1/s1. The Balaban J connectivity index is 3.65. The van der Waals surface area contributed by atoms with E-state index in [1.807, 2.05) is 0 Å². The van der Waals surface area contributed by atoms with Crippen molar-refractivity contribution in [2.45, 2.75) is 108 Å². The number of rotatable bonds is 22. The smallest absolute Gasteiger partial charge is 0.327 e. The highest BCUT2D eigenvalue weighted by atomic mass is 32.2. The second-order valence-corrected chi connectivity index (χ2v) is 10.1. The molecule has 0 aromatic carbocycles. The van der Waals surface area contributed by atoms with E-state index in [2.05, 4.69) is 29.1 Å². The number of aliphatic carboxylic acids is 1. The summed E-state index contributed by atoms with van der Waals surface area (Å²) in [4.78, 5) is 34.1. The molecule has 0 unspecified atom stereocenters. The van der Waals surface area contributed by atoms with Crippen LogP contribution in [-0.2, 0) is 29.2 Å². The SMILES string of the molecule is CCCCCCCC/C=C\CCCCCCCC(=O)NCCOC(=O)[C@@H](CC(=O)O)S(=O)(=O)O. The van der Waals surface area contributed by atoms with E-state index in [1.165, 1.54) is 44.9 Å². The van der Waals surface area contributed by atoms with E-state index in [9.17, 15) is 22.8 Å². The lowest BCUT2D eigenvalue weighted by Crippen LogP contribution is -2.36. The van der Waals surface area contributed by atoms with E-state index >= 15 is 0 Å². The third-order valence-electron chi connectivity index (χ3n) is 5.32. The van der Waals surface area contributed by atoms with Gasteiger partial charge >= 0.3 is 11.9 Å². The molecular formula is C24H43NO8S. The van der Waals surface area contributed by atoms with Crippen LogP contribution in [-0.4, -0.2) is 54.3 Å². The molecule has 0 aromatic rings. The van der Waals surface area contributed by atoms with Gasteiger partial charge in [0.1, 0.15) is 6.61 Å². The fraction of sp³-hybridized carbons (Fsp3) is 0.792. The average molecular weight is 506 g/mol. The Hall–Kier alpha value is -1.94. The molecule has 1 amide bonds. The Morgan fingerprint density at radius 1 is 0.882 bits per heavy atom. The van der Waals surface area contributed by atoms with Crippen molar-refractivity contribution in [2.24, 2.45) is 0 Å². The lowest BCUT2D eigenvalue weighted by Gasteiger charge is -2.12. The average Bonchev–Trinajstić information content (AvgIpc) is 2.76. The van der Waals surface area contributed by atoms with Crippen molar-refractivity contribution < 1.29 is 37.2 Å². The van der Waals surface area contributed by atoms with Crippen LogP contribution in [0.4, 0.5) is 0 Å². The number of amides is 1. The minimum absolute atomic E-state index is 0.0269. The van der Waals surface area contributed by atoms with Crippen LogP contribution >= 0.6 is 0 Å². The van der Waals surface area contributed by atoms with Gasteiger partial charge in [-0.05, 0) is 32.1 Å². The number of carbonyl (C=O) groups excluding carboxylic acids is 2. The Labute approximate surface area is 204 Å². The maximum atomic E-state index is 11.8. The summed E-state index contributed by atoms with van der Waals surface area (Å²) >= 11 is 0. The Morgan fingerprint density at radius 3 is 1.94 bits per heavy atom. The molecule has 0 radical (unpaired) electrons. The molecule has 0 bridgehead atoms. The first-order valence-electron chi connectivity index (χ1n) is 12.4. The number of esters is 1. The van der Waals surface area contributed by atoms with Gasteiger partial charge in [-0.25, -0.2) is 0 Å². The molecule has 0 aliphatic carbocycles. The van der Waals surface area contributed by atoms with Crippen molar-refractivity contribution in [3.63, 3.8) is 0 Å². The number of nitrogens with one attached hydrogen (secondary N) is 1. The van der Waals surface area contributed by atoms with Crippen LogP contribution in [0.15, 0.2) is 12.2 Å². The first-order valence-corrected chi connectivity index (χ1v) is 13.9. The Kier molecular flexibility index (Phi) is 19.3. The number of ether oxygens (including phenoxy) is 1. The van der Waals surface area contributed by atoms with Gasteiger partial charge in [-0.2, -0.15) is 8.42 Å². The van der Waals surface area contributed by atoms with Crippen molar-refractivity contribution in [3.8, 4) is 0 Å². The van der Waals surface area contributed by atoms with Crippen LogP contribution in [0.1, 0.15) is 103 Å². The fourth-order valence-electron chi connectivity index (χ4n) is 3.35. The van der Waals surface area contributed by atoms with Crippen molar-refractivity contribution in [1.82, 2.24) is 5.32 Å². The predicted molar refractivity (Wildman–Crippen MR) is 131 cm³/mol. The van der Waals surface area contributed by atoms with Crippen LogP contribution in [0.2, 0.25) is 0 Å². The molecule has 0 saturated heterocycles.